The third-order valence-electron chi connectivity index (χ3n) is 3.08. The molecule has 2 aromatic carbocycles. The molecule has 110 valence electrons. The minimum Gasteiger partial charge on any atom is -0.354 e. The Kier molecular flexibility index (Phi) is 5.00. The van der Waals surface area contributed by atoms with E-state index in [0.717, 1.165) is 6.07 Å². The van der Waals surface area contributed by atoms with E-state index in [9.17, 15) is 13.6 Å². The van der Waals surface area contributed by atoms with E-state index in [1.807, 2.05) is 6.07 Å². The molecule has 3 nitrogen and oxygen atoms in total. The lowest BCUT2D eigenvalue weighted by Crippen LogP contribution is -2.35. The summed E-state index contributed by atoms with van der Waals surface area (Å²) in [5.41, 5.74) is 7.04. The van der Waals surface area contributed by atoms with Crippen LogP contribution in [0.15, 0.2) is 48.5 Å². The summed E-state index contributed by atoms with van der Waals surface area (Å²) in [5.74, 6) is -1.58. The molecule has 3 N–H and O–H groups in total. The summed E-state index contributed by atoms with van der Waals surface area (Å²) in [6, 6.07) is 11.5. The second-order valence-electron chi connectivity index (χ2n) is 4.71. The Morgan fingerprint density at radius 1 is 1.10 bits per heavy atom. The van der Waals surface area contributed by atoms with Crippen molar-refractivity contribution in [3.63, 3.8) is 0 Å². The molecule has 0 aromatic heterocycles. The van der Waals surface area contributed by atoms with Gasteiger partial charge in [0, 0.05) is 12.6 Å². The van der Waals surface area contributed by atoms with Gasteiger partial charge in [0.2, 0.25) is 5.91 Å². The van der Waals surface area contributed by atoms with Gasteiger partial charge in [-0.05, 0) is 29.7 Å². The monoisotopic (exact) mass is 290 g/mol. The first-order valence-corrected chi connectivity index (χ1v) is 6.59. The molecule has 0 aliphatic rings. The topological polar surface area (TPSA) is 55.1 Å². The molecule has 2 rings (SSSR count). The first-order chi connectivity index (χ1) is 10.1. The number of carbonyl (C=O) groups is 1. The first kappa shape index (κ1) is 15.1. The summed E-state index contributed by atoms with van der Waals surface area (Å²) >= 11 is 0. The summed E-state index contributed by atoms with van der Waals surface area (Å²) in [6.45, 7) is 0.266. The Morgan fingerprint density at radius 3 is 2.33 bits per heavy atom. The number of carbonyl (C=O) groups excluding carboxylic acids is 1. The molecule has 0 fully saturated rings. The van der Waals surface area contributed by atoms with Crippen LogP contribution < -0.4 is 11.1 Å². The maximum absolute atomic E-state index is 13.0. The molecule has 0 aliphatic heterocycles. The predicted molar refractivity (Wildman–Crippen MR) is 76.4 cm³/mol. The van der Waals surface area contributed by atoms with E-state index in [0.29, 0.717) is 17.5 Å². The zero-order valence-corrected chi connectivity index (χ0v) is 11.4. The maximum atomic E-state index is 13.0. The highest BCUT2D eigenvalue weighted by Crippen LogP contribution is 2.10. The second kappa shape index (κ2) is 6.95. The lowest BCUT2D eigenvalue weighted by Gasteiger charge is -2.12. The molecule has 1 unspecified atom stereocenters. The summed E-state index contributed by atoms with van der Waals surface area (Å²) < 4.78 is 26.0. The highest BCUT2D eigenvalue weighted by atomic mass is 19.1. The van der Waals surface area contributed by atoms with Crippen LogP contribution in [-0.2, 0) is 11.2 Å². The van der Waals surface area contributed by atoms with Crippen molar-refractivity contribution in [2.24, 2.45) is 5.73 Å². The molecular weight excluding hydrogens is 274 g/mol. The van der Waals surface area contributed by atoms with E-state index in [1.165, 1.54) is 12.1 Å². The lowest BCUT2D eigenvalue weighted by atomic mass is 10.1. The highest BCUT2D eigenvalue weighted by Gasteiger charge is 2.14. The molecule has 1 atom stereocenters. The third kappa shape index (κ3) is 4.36. The molecule has 0 bridgehead atoms. The van der Waals surface area contributed by atoms with E-state index < -0.39 is 17.7 Å². The van der Waals surface area contributed by atoms with Crippen molar-refractivity contribution in [3.8, 4) is 0 Å². The van der Waals surface area contributed by atoms with Crippen LogP contribution in [0.1, 0.15) is 17.2 Å². The predicted octanol–water partition coefficient (Wildman–Crippen LogP) is 2.32. The van der Waals surface area contributed by atoms with Crippen LogP contribution in [0.5, 0.6) is 0 Å². The molecule has 0 aliphatic carbocycles. The summed E-state index contributed by atoms with van der Waals surface area (Å²) in [5, 5.41) is 2.66. The molecule has 0 radical (unpaired) electrons. The lowest BCUT2D eigenvalue weighted by molar-refractivity contribution is -0.122. The summed E-state index contributed by atoms with van der Waals surface area (Å²) in [7, 11) is 0. The Balaban J connectivity index is 1.87. The number of rotatable bonds is 5. The van der Waals surface area contributed by atoms with Gasteiger partial charge >= 0.3 is 0 Å². The van der Waals surface area contributed by atoms with E-state index in [4.69, 9.17) is 5.73 Å². The van der Waals surface area contributed by atoms with Crippen molar-refractivity contribution in [3.05, 3.63) is 71.3 Å². The largest absolute Gasteiger partial charge is 0.354 e. The van der Waals surface area contributed by atoms with Crippen LogP contribution in [0.4, 0.5) is 8.78 Å². The van der Waals surface area contributed by atoms with Crippen molar-refractivity contribution >= 4 is 5.91 Å². The smallest absolute Gasteiger partial charge is 0.241 e. The third-order valence-corrected chi connectivity index (χ3v) is 3.08. The van der Waals surface area contributed by atoms with Crippen LogP contribution in [-0.4, -0.2) is 12.5 Å². The van der Waals surface area contributed by atoms with Crippen LogP contribution >= 0.6 is 0 Å². The molecule has 0 heterocycles. The average molecular weight is 290 g/mol. The second-order valence-corrected chi connectivity index (χ2v) is 4.71. The number of hydrogen-bond donors (Lipinski definition) is 2. The average Bonchev–Trinajstić information content (AvgIpc) is 2.46. The molecule has 21 heavy (non-hydrogen) atoms. The van der Waals surface area contributed by atoms with Crippen LogP contribution in [0.25, 0.3) is 0 Å². The quantitative estimate of drug-likeness (QED) is 0.888. The number of hydrogen-bond acceptors (Lipinski definition) is 2. The number of halogens is 2. The number of nitrogens with one attached hydrogen (secondary N) is 1. The Hall–Kier alpha value is -2.27. The molecule has 0 saturated carbocycles. The van der Waals surface area contributed by atoms with E-state index in [1.54, 1.807) is 24.3 Å². The first-order valence-electron chi connectivity index (χ1n) is 6.59. The van der Waals surface area contributed by atoms with Gasteiger partial charge in [-0.2, -0.15) is 0 Å². The number of amides is 1. The van der Waals surface area contributed by atoms with Gasteiger partial charge in [0.15, 0.2) is 0 Å². The normalized spacial score (nSPS) is 12.0. The van der Waals surface area contributed by atoms with E-state index >= 15 is 0 Å². The SMILES string of the molecule is NC(C(=O)NCCc1cc(F)cc(F)c1)c1ccccc1. The van der Waals surface area contributed by atoms with Gasteiger partial charge in [0.25, 0.3) is 0 Å². The maximum Gasteiger partial charge on any atom is 0.241 e. The fraction of sp³-hybridized carbons (Fsp3) is 0.188. The number of nitrogens with two attached hydrogens (primary N) is 1. The van der Waals surface area contributed by atoms with Gasteiger partial charge in [0.1, 0.15) is 17.7 Å². The Morgan fingerprint density at radius 2 is 1.71 bits per heavy atom. The zero-order chi connectivity index (χ0) is 15.2. The summed E-state index contributed by atoms with van der Waals surface area (Å²) in [4.78, 5) is 11.9. The highest BCUT2D eigenvalue weighted by molar-refractivity contribution is 5.82. The van der Waals surface area contributed by atoms with Crippen molar-refractivity contribution in [1.82, 2.24) is 5.32 Å². The fourth-order valence-electron chi connectivity index (χ4n) is 2.01. The summed E-state index contributed by atoms with van der Waals surface area (Å²) in [6.07, 6.45) is 0.335. The van der Waals surface area contributed by atoms with Gasteiger partial charge in [-0.25, -0.2) is 8.78 Å². The van der Waals surface area contributed by atoms with Gasteiger partial charge in [0.05, 0.1) is 0 Å². The molecule has 2 aromatic rings. The molecule has 0 spiro atoms. The van der Waals surface area contributed by atoms with Gasteiger partial charge in [-0.1, -0.05) is 30.3 Å². The van der Waals surface area contributed by atoms with Crippen molar-refractivity contribution in [2.75, 3.05) is 6.54 Å². The molecule has 0 saturated heterocycles. The molecular formula is C16H16F2N2O. The molecule has 5 heteroatoms. The van der Waals surface area contributed by atoms with Crippen molar-refractivity contribution in [2.45, 2.75) is 12.5 Å². The van der Waals surface area contributed by atoms with E-state index in [-0.39, 0.29) is 12.5 Å². The minimum atomic E-state index is -0.754. The standard InChI is InChI=1S/C16H16F2N2O/c17-13-8-11(9-14(18)10-13)6-7-20-16(21)15(19)12-4-2-1-3-5-12/h1-5,8-10,15H,6-7,19H2,(H,20,21). The van der Waals surface area contributed by atoms with Crippen molar-refractivity contribution in [1.29, 1.82) is 0 Å². The Labute approximate surface area is 121 Å². The van der Waals surface area contributed by atoms with Gasteiger partial charge < -0.3 is 11.1 Å². The van der Waals surface area contributed by atoms with E-state index in [2.05, 4.69) is 5.32 Å². The minimum absolute atomic E-state index is 0.266. The van der Waals surface area contributed by atoms with Crippen LogP contribution in [0.2, 0.25) is 0 Å². The van der Waals surface area contributed by atoms with Crippen LogP contribution in [0, 0.1) is 11.6 Å². The number of benzene rings is 2. The zero-order valence-electron chi connectivity index (χ0n) is 11.4. The van der Waals surface area contributed by atoms with Crippen LogP contribution in [0.3, 0.4) is 0 Å². The van der Waals surface area contributed by atoms with Crippen molar-refractivity contribution < 1.29 is 13.6 Å². The fourth-order valence-corrected chi connectivity index (χ4v) is 2.01. The Bertz CT molecular complexity index is 597. The van der Waals surface area contributed by atoms with Gasteiger partial charge in [-0.3, -0.25) is 4.79 Å². The van der Waals surface area contributed by atoms with Gasteiger partial charge in [-0.15, -0.1) is 0 Å². The molecule has 1 amide bonds.